The Balaban J connectivity index is 1.73. The fourth-order valence-electron chi connectivity index (χ4n) is 3.37. The van der Waals surface area contributed by atoms with Crippen molar-refractivity contribution in [3.05, 3.63) is 64.8 Å². The van der Waals surface area contributed by atoms with Crippen LogP contribution in [0.5, 0.6) is 5.75 Å². The van der Waals surface area contributed by atoms with Crippen molar-refractivity contribution >= 4 is 39.5 Å². The second kappa shape index (κ2) is 6.31. The number of nitrogens with zero attached hydrogens (tertiary/aromatic N) is 3. The van der Waals surface area contributed by atoms with Crippen molar-refractivity contribution in [2.45, 2.75) is 6.92 Å². The van der Waals surface area contributed by atoms with E-state index in [1.54, 1.807) is 11.6 Å². The molecule has 1 aliphatic rings. The average Bonchev–Trinajstić information content (AvgIpc) is 3.33. The van der Waals surface area contributed by atoms with E-state index in [4.69, 9.17) is 9.72 Å². The van der Waals surface area contributed by atoms with E-state index in [1.165, 1.54) is 11.3 Å². The molecule has 0 spiro atoms. The quantitative estimate of drug-likeness (QED) is 0.532. The van der Waals surface area contributed by atoms with Gasteiger partial charge in [0.15, 0.2) is 0 Å². The van der Waals surface area contributed by atoms with Gasteiger partial charge in [-0.3, -0.25) is 4.79 Å². The summed E-state index contributed by atoms with van der Waals surface area (Å²) in [6, 6.07) is 15.4. The van der Waals surface area contributed by atoms with Gasteiger partial charge >= 0.3 is 0 Å². The Morgan fingerprint density at radius 3 is 2.71 bits per heavy atom. The second-order valence-electron chi connectivity index (χ2n) is 6.45. The van der Waals surface area contributed by atoms with E-state index in [0.29, 0.717) is 5.57 Å². The van der Waals surface area contributed by atoms with Crippen molar-refractivity contribution in [1.82, 2.24) is 14.6 Å². The van der Waals surface area contributed by atoms with Crippen LogP contribution in [0.4, 0.5) is 5.69 Å². The maximum Gasteiger partial charge on any atom is 0.256 e. The molecule has 6 nitrogen and oxygen atoms in total. The van der Waals surface area contributed by atoms with Gasteiger partial charge in [-0.05, 0) is 43.3 Å². The summed E-state index contributed by atoms with van der Waals surface area (Å²) in [5, 5.41) is 8.42. The van der Waals surface area contributed by atoms with Crippen LogP contribution in [0.15, 0.2) is 48.5 Å². The van der Waals surface area contributed by atoms with Crippen LogP contribution in [0.1, 0.15) is 16.3 Å². The maximum absolute atomic E-state index is 12.6. The zero-order valence-electron chi connectivity index (χ0n) is 15.3. The first kappa shape index (κ1) is 16.7. The van der Waals surface area contributed by atoms with Gasteiger partial charge in [-0.1, -0.05) is 29.5 Å². The Bertz CT molecular complexity index is 1250. The Morgan fingerprint density at radius 2 is 1.93 bits per heavy atom. The molecule has 2 aromatic heterocycles. The summed E-state index contributed by atoms with van der Waals surface area (Å²) in [5.41, 5.74) is 4.82. The number of carbonyl (C=O) groups is 1. The minimum absolute atomic E-state index is 0.121. The first-order valence-corrected chi connectivity index (χ1v) is 9.59. The van der Waals surface area contributed by atoms with E-state index in [-0.39, 0.29) is 5.91 Å². The molecule has 138 valence electrons. The summed E-state index contributed by atoms with van der Waals surface area (Å²) in [6.07, 6.45) is 1.87. The molecule has 0 fully saturated rings. The fraction of sp³-hybridized carbons (Fsp3) is 0.0952. The molecule has 1 aliphatic heterocycles. The number of benzene rings is 2. The van der Waals surface area contributed by atoms with Crippen LogP contribution in [0.3, 0.4) is 0 Å². The molecule has 3 heterocycles. The predicted octanol–water partition coefficient (Wildman–Crippen LogP) is 4.27. The molecule has 0 atom stereocenters. The molecule has 28 heavy (non-hydrogen) atoms. The summed E-state index contributed by atoms with van der Waals surface area (Å²) >= 11 is 1.52. The van der Waals surface area contributed by atoms with Crippen molar-refractivity contribution in [2.75, 3.05) is 12.4 Å². The number of aromatic nitrogens is 3. The smallest absolute Gasteiger partial charge is 0.256 e. The van der Waals surface area contributed by atoms with E-state index in [2.05, 4.69) is 10.4 Å². The third-order valence-electron chi connectivity index (χ3n) is 4.69. The molecule has 2 aromatic carbocycles. The van der Waals surface area contributed by atoms with Gasteiger partial charge in [0.1, 0.15) is 10.8 Å². The summed E-state index contributed by atoms with van der Waals surface area (Å²) < 4.78 is 7.06. The molecule has 0 bridgehead atoms. The number of hydrogen-bond donors (Lipinski definition) is 1. The SMILES string of the molecule is COc1ccc(-c2nc3sc(C)nn3c2/C=C2/C(=O)Nc3ccccc32)cc1. The third kappa shape index (κ3) is 2.59. The van der Waals surface area contributed by atoms with Gasteiger partial charge in [-0.15, -0.1) is 0 Å². The molecule has 1 N–H and O–H groups in total. The topological polar surface area (TPSA) is 68.5 Å². The minimum atomic E-state index is -0.121. The van der Waals surface area contributed by atoms with Crippen LogP contribution in [0.2, 0.25) is 0 Å². The Hall–Kier alpha value is -3.45. The van der Waals surface area contributed by atoms with Crippen molar-refractivity contribution in [3.63, 3.8) is 0 Å². The van der Waals surface area contributed by atoms with Crippen LogP contribution >= 0.6 is 11.3 Å². The Morgan fingerprint density at radius 1 is 1.14 bits per heavy atom. The van der Waals surface area contributed by atoms with E-state index in [0.717, 1.165) is 43.9 Å². The third-order valence-corrected chi connectivity index (χ3v) is 5.52. The van der Waals surface area contributed by atoms with E-state index in [9.17, 15) is 4.79 Å². The zero-order chi connectivity index (χ0) is 19.3. The molecule has 0 saturated heterocycles. The van der Waals surface area contributed by atoms with Crippen LogP contribution in [0.25, 0.3) is 27.9 Å². The first-order chi connectivity index (χ1) is 13.6. The number of anilines is 1. The van der Waals surface area contributed by atoms with Gasteiger partial charge in [0.2, 0.25) is 4.96 Å². The van der Waals surface area contributed by atoms with Crippen molar-refractivity contribution in [3.8, 4) is 17.0 Å². The average molecular weight is 388 g/mol. The molecular formula is C21H16N4O2S. The lowest BCUT2D eigenvalue weighted by Gasteiger charge is -2.04. The fourth-order valence-corrected chi connectivity index (χ4v) is 4.12. The van der Waals surface area contributed by atoms with Crippen molar-refractivity contribution < 1.29 is 9.53 Å². The van der Waals surface area contributed by atoms with Crippen LogP contribution in [-0.4, -0.2) is 27.6 Å². The highest BCUT2D eigenvalue weighted by Gasteiger charge is 2.25. The molecule has 1 amide bonds. The van der Waals surface area contributed by atoms with Crippen LogP contribution in [0, 0.1) is 6.92 Å². The predicted molar refractivity (Wildman–Crippen MR) is 111 cm³/mol. The maximum atomic E-state index is 12.6. The first-order valence-electron chi connectivity index (χ1n) is 8.77. The number of imidazole rings is 1. The van der Waals surface area contributed by atoms with Gasteiger partial charge in [0, 0.05) is 16.8 Å². The lowest BCUT2D eigenvalue weighted by molar-refractivity contribution is -0.110. The van der Waals surface area contributed by atoms with E-state index < -0.39 is 0 Å². The standard InChI is InChI=1S/C21H16N4O2S/c1-12-24-25-18(11-16-15-5-3-4-6-17(15)22-20(16)26)19(23-21(25)28-12)13-7-9-14(27-2)10-8-13/h3-11H,1-2H3,(H,22,26)/b16-11+. The molecule has 0 unspecified atom stereocenters. The Kier molecular flexibility index (Phi) is 3.77. The van der Waals surface area contributed by atoms with Crippen molar-refractivity contribution in [1.29, 1.82) is 0 Å². The molecule has 0 saturated carbocycles. The monoisotopic (exact) mass is 388 g/mol. The molecule has 5 rings (SSSR count). The summed E-state index contributed by atoms with van der Waals surface area (Å²) in [4.78, 5) is 18.2. The molecule has 0 radical (unpaired) electrons. The Labute approximate surface area is 165 Å². The van der Waals surface area contributed by atoms with E-state index in [1.807, 2.05) is 61.5 Å². The highest BCUT2D eigenvalue weighted by Crippen LogP contribution is 2.35. The number of fused-ring (bicyclic) bond motifs is 2. The number of amides is 1. The van der Waals surface area contributed by atoms with Gasteiger partial charge in [-0.25, -0.2) is 9.50 Å². The largest absolute Gasteiger partial charge is 0.497 e. The van der Waals surface area contributed by atoms with Crippen LogP contribution in [-0.2, 0) is 4.79 Å². The zero-order valence-corrected chi connectivity index (χ0v) is 16.1. The number of para-hydroxylation sites is 1. The van der Waals surface area contributed by atoms with Gasteiger partial charge in [-0.2, -0.15) is 5.10 Å². The molecular weight excluding hydrogens is 372 g/mol. The number of nitrogens with one attached hydrogen (secondary N) is 1. The number of carbonyl (C=O) groups excluding carboxylic acids is 1. The lowest BCUT2D eigenvalue weighted by atomic mass is 10.0. The van der Waals surface area contributed by atoms with Crippen LogP contribution < -0.4 is 10.1 Å². The molecule has 0 aliphatic carbocycles. The van der Waals surface area contributed by atoms with Gasteiger partial charge < -0.3 is 10.1 Å². The number of methoxy groups -OCH3 is 1. The van der Waals surface area contributed by atoms with Gasteiger partial charge in [0.05, 0.1) is 24.1 Å². The number of hydrogen-bond acceptors (Lipinski definition) is 5. The highest BCUT2D eigenvalue weighted by atomic mass is 32.1. The molecule has 7 heteroatoms. The highest BCUT2D eigenvalue weighted by molar-refractivity contribution is 7.16. The number of aryl methyl sites for hydroxylation is 1. The molecule has 4 aromatic rings. The van der Waals surface area contributed by atoms with Gasteiger partial charge in [0.25, 0.3) is 5.91 Å². The number of ether oxygens (including phenoxy) is 1. The minimum Gasteiger partial charge on any atom is -0.497 e. The summed E-state index contributed by atoms with van der Waals surface area (Å²) in [5.74, 6) is 0.659. The van der Waals surface area contributed by atoms with Crippen molar-refractivity contribution in [2.24, 2.45) is 0 Å². The summed E-state index contributed by atoms with van der Waals surface area (Å²) in [7, 11) is 1.64. The second-order valence-corrected chi connectivity index (χ2v) is 7.61. The van der Waals surface area contributed by atoms with E-state index >= 15 is 0 Å². The number of rotatable bonds is 3. The summed E-state index contributed by atoms with van der Waals surface area (Å²) in [6.45, 7) is 1.95. The normalized spacial score (nSPS) is 14.5. The lowest BCUT2D eigenvalue weighted by Crippen LogP contribution is -2.04.